The fourth-order valence-corrected chi connectivity index (χ4v) is 2.32. The van der Waals surface area contributed by atoms with Crippen LogP contribution >= 0.6 is 0 Å². The summed E-state index contributed by atoms with van der Waals surface area (Å²) in [5.74, 6) is -1.52. The molecule has 0 atom stereocenters. The van der Waals surface area contributed by atoms with Crippen LogP contribution in [0.4, 0.5) is 14.9 Å². The molecule has 9 heteroatoms. The molecule has 0 saturated carbocycles. The molecule has 3 aromatic rings. The van der Waals surface area contributed by atoms with Gasteiger partial charge in [0.15, 0.2) is 6.61 Å². The second-order valence-electron chi connectivity index (χ2n) is 5.93. The molecule has 3 rings (SSSR count). The van der Waals surface area contributed by atoms with Crippen LogP contribution in [0.5, 0.6) is 5.75 Å². The van der Waals surface area contributed by atoms with Gasteiger partial charge in [-0.15, -0.1) is 0 Å². The highest BCUT2D eigenvalue weighted by Crippen LogP contribution is 2.15. The monoisotopic (exact) mass is 412 g/mol. The number of nitrogens with one attached hydrogen (secondary N) is 2. The Hall–Kier alpha value is -4.14. The Morgan fingerprint density at radius 3 is 2.43 bits per heavy atom. The molecule has 0 bridgehead atoms. The summed E-state index contributed by atoms with van der Waals surface area (Å²) in [6, 6.07) is 16.5. The smallest absolute Gasteiger partial charge is 0.374 e. The zero-order chi connectivity index (χ0) is 21.3. The lowest BCUT2D eigenvalue weighted by molar-refractivity contribution is -0.123. The Kier molecular flexibility index (Phi) is 6.78. The van der Waals surface area contributed by atoms with E-state index in [9.17, 15) is 18.8 Å². The number of imide groups is 1. The van der Waals surface area contributed by atoms with Gasteiger partial charge in [0.25, 0.3) is 5.91 Å². The number of hydrogen-bond donors (Lipinski definition) is 2. The van der Waals surface area contributed by atoms with Gasteiger partial charge in [0.05, 0.1) is 5.69 Å². The number of benzene rings is 2. The van der Waals surface area contributed by atoms with Crippen molar-refractivity contribution in [2.45, 2.75) is 6.61 Å². The standard InChI is InChI=1S/C21H17FN2O6/c22-16-8-4-5-9-17(16)23-21(27)24-19(25)13-29-20(26)18-11-10-15(30-18)12-28-14-6-2-1-3-7-14/h1-11H,12-13H2,(H2,23,24,25,27). The molecule has 0 saturated heterocycles. The van der Waals surface area contributed by atoms with Gasteiger partial charge in [-0.05, 0) is 36.4 Å². The van der Waals surface area contributed by atoms with E-state index in [0.29, 0.717) is 11.5 Å². The number of carbonyl (C=O) groups is 3. The normalized spacial score (nSPS) is 10.2. The summed E-state index contributed by atoms with van der Waals surface area (Å²) in [5, 5.41) is 4.10. The van der Waals surface area contributed by atoms with Crippen LogP contribution in [0.3, 0.4) is 0 Å². The van der Waals surface area contributed by atoms with Crippen LogP contribution in [0.15, 0.2) is 71.1 Å². The summed E-state index contributed by atoms with van der Waals surface area (Å²) in [6.07, 6.45) is 0. The zero-order valence-electron chi connectivity index (χ0n) is 15.6. The molecule has 0 aliphatic carbocycles. The second kappa shape index (κ2) is 9.87. The molecule has 2 N–H and O–H groups in total. The molecule has 1 heterocycles. The fraction of sp³-hybridized carbons (Fsp3) is 0.0952. The average Bonchev–Trinajstić information content (AvgIpc) is 3.22. The Morgan fingerprint density at radius 2 is 1.67 bits per heavy atom. The summed E-state index contributed by atoms with van der Waals surface area (Å²) in [5.41, 5.74) is -0.0966. The first kappa shape index (κ1) is 20.6. The molecule has 0 unspecified atom stereocenters. The molecule has 0 aliphatic rings. The predicted molar refractivity (Wildman–Crippen MR) is 103 cm³/mol. The van der Waals surface area contributed by atoms with Crippen LogP contribution in [0, 0.1) is 5.82 Å². The van der Waals surface area contributed by atoms with Crippen molar-refractivity contribution in [2.24, 2.45) is 0 Å². The molecular formula is C21H17FN2O6. The highest BCUT2D eigenvalue weighted by molar-refractivity contribution is 6.02. The summed E-state index contributed by atoms with van der Waals surface area (Å²) < 4.78 is 29.1. The van der Waals surface area contributed by atoms with Gasteiger partial charge in [0.2, 0.25) is 5.76 Å². The van der Waals surface area contributed by atoms with Gasteiger partial charge in [-0.25, -0.2) is 14.0 Å². The van der Waals surface area contributed by atoms with Crippen molar-refractivity contribution in [3.8, 4) is 5.75 Å². The van der Waals surface area contributed by atoms with Gasteiger partial charge in [0.1, 0.15) is 23.9 Å². The average molecular weight is 412 g/mol. The number of rotatable bonds is 7. The number of urea groups is 1. The predicted octanol–water partition coefficient (Wildman–Crippen LogP) is 3.50. The van der Waals surface area contributed by atoms with E-state index >= 15 is 0 Å². The largest absolute Gasteiger partial charge is 0.486 e. The van der Waals surface area contributed by atoms with E-state index in [2.05, 4.69) is 5.32 Å². The van der Waals surface area contributed by atoms with Gasteiger partial charge >= 0.3 is 12.0 Å². The molecule has 30 heavy (non-hydrogen) atoms. The third kappa shape index (κ3) is 5.93. The Morgan fingerprint density at radius 1 is 0.933 bits per heavy atom. The molecule has 0 aliphatic heterocycles. The third-order valence-corrected chi connectivity index (χ3v) is 3.70. The summed E-state index contributed by atoms with van der Waals surface area (Å²) >= 11 is 0. The van der Waals surface area contributed by atoms with Gasteiger partial charge in [0, 0.05) is 0 Å². The topological polar surface area (TPSA) is 107 Å². The lowest BCUT2D eigenvalue weighted by Gasteiger charge is -2.07. The number of amides is 3. The molecule has 1 aromatic heterocycles. The lowest BCUT2D eigenvalue weighted by Crippen LogP contribution is -2.37. The molecule has 0 spiro atoms. The number of ether oxygens (including phenoxy) is 2. The number of halogens is 1. The van der Waals surface area contributed by atoms with Crippen molar-refractivity contribution < 1.29 is 32.7 Å². The highest BCUT2D eigenvalue weighted by Gasteiger charge is 2.16. The van der Waals surface area contributed by atoms with Gasteiger partial charge < -0.3 is 19.2 Å². The summed E-state index contributed by atoms with van der Waals surface area (Å²) in [4.78, 5) is 35.4. The maximum absolute atomic E-state index is 13.5. The van der Waals surface area contributed by atoms with E-state index < -0.39 is 30.3 Å². The minimum absolute atomic E-state index is 0.0966. The zero-order valence-corrected chi connectivity index (χ0v) is 15.6. The summed E-state index contributed by atoms with van der Waals surface area (Å²) in [7, 11) is 0. The van der Waals surface area contributed by atoms with Crippen LogP contribution < -0.4 is 15.4 Å². The fourth-order valence-electron chi connectivity index (χ4n) is 2.32. The van der Waals surface area contributed by atoms with Gasteiger partial charge in [-0.1, -0.05) is 30.3 Å². The quantitative estimate of drug-likeness (QED) is 0.575. The van der Waals surface area contributed by atoms with E-state index in [4.69, 9.17) is 13.9 Å². The van der Waals surface area contributed by atoms with E-state index in [-0.39, 0.29) is 18.1 Å². The number of para-hydroxylation sites is 2. The Balaban J connectivity index is 1.42. The SMILES string of the molecule is O=C(COC(=O)c1ccc(COc2ccccc2)o1)NC(=O)Nc1ccccc1F. The number of hydrogen-bond acceptors (Lipinski definition) is 6. The van der Waals surface area contributed by atoms with Crippen molar-refractivity contribution in [1.29, 1.82) is 0 Å². The minimum atomic E-state index is -0.959. The third-order valence-electron chi connectivity index (χ3n) is 3.70. The van der Waals surface area contributed by atoms with Gasteiger partial charge in [-0.2, -0.15) is 0 Å². The maximum atomic E-state index is 13.5. The van der Waals surface area contributed by atoms with Crippen LogP contribution in [0.1, 0.15) is 16.3 Å². The lowest BCUT2D eigenvalue weighted by atomic mass is 10.3. The molecular weight excluding hydrogens is 395 g/mol. The number of anilines is 1. The number of esters is 1. The molecule has 8 nitrogen and oxygen atoms in total. The van der Waals surface area contributed by atoms with Crippen LogP contribution in [0.2, 0.25) is 0 Å². The first-order valence-electron chi connectivity index (χ1n) is 8.80. The first-order valence-corrected chi connectivity index (χ1v) is 8.80. The van der Waals surface area contributed by atoms with E-state index in [1.807, 2.05) is 23.5 Å². The first-order chi connectivity index (χ1) is 14.5. The van der Waals surface area contributed by atoms with Crippen molar-refractivity contribution >= 4 is 23.6 Å². The molecule has 0 radical (unpaired) electrons. The van der Waals surface area contributed by atoms with Crippen LogP contribution in [-0.4, -0.2) is 24.5 Å². The van der Waals surface area contributed by atoms with E-state index in [0.717, 1.165) is 6.07 Å². The van der Waals surface area contributed by atoms with Gasteiger partial charge in [-0.3, -0.25) is 10.1 Å². The number of carbonyl (C=O) groups excluding carboxylic acids is 3. The Bertz CT molecular complexity index is 1030. The van der Waals surface area contributed by atoms with Crippen molar-refractivity contribution in [3.63, 3.8) is 0 Å². The van der Waals surface area contributed by atoms with Crippen LogP contribution in [-0.2, 0) is 16.1 Å². The molecule has 0 fully saturated rings. The van der Waals surface area contributed by atoms with Crippen molar-refractivity contribution in [2.75, 3.05) is 11.9 Å². The molecule has 3 amide bonds. The van der Waals surface area contributed by atoms with Crippen molar-refractivity contribution in [3.05, 3.63) is 84.1 Å². The van der Waals surface area contributed by atoms with Crippen LogP contribution in [0.25, 0.3) is 0 Å². The molecule has 154 valence electrons. The van der Waals surface area contributed by atoms with Crippen molar-refractivity contribution in [1.82, 2.24) is 5.32 Å². The van der Waals surface area contributed by atoms with E-state index in [1.54, 1.807) is 18.2 Å². The maximum Gasteiger partial charge on any atom is 0.374 e. The Labute approximate surface area is 170 Å². The number of furan rings is 1. The van der Waals surface area contributed by atoms with E-state index in [1.165, 1.54) is 24.3 Å². The molecule has 2 aromatic carbocycles. The second-order valence-corrected chi connectivity index (χ2v) is 5.93. The highest BCUT2D eigenvalue weighted by atomic mass is 19.1. The minimum Gasteiger partial charge on any atom is -0.486 e. The summed E-state index contributed by atoms with van der Waals surface area (Å²) in [6.45, 7) is -0.617.